The molecule has 1 aromatic carbocycles. The van der Waals surface area contributed by atoms with Crippen LogP contribution in [0.1, 0.15) is 51.9 Å². The number of benzene rings is 1. The highest BCUT2D eigenvalue weighted by Gasteiger charge is 2.37. The maximum Gasteiger partial charge on any atom is 0.154 e. The van der Waals surface area contributed by atoms with E-state index in [1.165, 1.54) is 0 Å². The van der Waals surface area contributed by atoms with Crippen molar-refractivity contribution < 1.29 is 0 Å². The van der Waals surface area contributed by atoms with Crippen molar-refractivity contribution in [3.8, 4) is 0 Å². The lowest BCUT2D eigenvalue weighted by Gasteiger charge is -2.46. The zero-order valence-electron chi connectivity index (χ0n) is 15.9. The molecule has 0 amide bonds. The quantitative estimate of drug-likeness (QED) is 0.793. The first-order valence-electron chi connectivity index (χ1n) is 9.03. The van der Waals surface area contributed by atoms with Crippen LogP contribution in [0, 0.1) is 0 Å². The summed E-state index contributed by atoms with van der Waals surface area (Å²) in [5.74, 6) is 1.56. The SMILES string of the molecule is CC1(C)CC(Nc2ccnc(/C=C/c3ccc(Cl)cc3)n2)CC(C)(C)N1. The summed E-state index contributed by atoms with van der Waals surface area (Å²) in [5, 5.41) is 8.04. The van der Waals surface area contributed by atoms with Gasteiger partial charge in [-0.1, -0.05) is 29.8 Å². The number of nitrogens with one attached hydrogen (secondary N) is 2. The Balaban J connectivity index is 1.70. The van der Waals surface area contributed by atoms with E-state index >= 15 is 0 Å². The number of rotatable bonds is 4. The Morgan fingerprint density at radius 3 is 2.35 bits per heavy atom. The molecule has 5 heteroatoms. The molecule has 1 saturated heterocycles. The summed E-state index contributed by atoms with van der Waals surface area (Å²) in [6.45, 7) is 9.01. The minimum Gasteiger partial charge on any atom is -0.367 e. The molecule has 2 heterocycles. The van der Waals surface area contributed by atoms with Crippen LogP contribution in [0.2, 0.25) is 5.02 Å². The Bertz CT molecular complexity index is 765. The molecule has 1 aromatic heterocycles. The molecule has 0 atom stereocenters. The van der Waals surface area contributed by atoms with Gasteiger partial charge in [-0.3, -0.25) is 0 Å². The zero-order chi connectivity index (χ0) is 18.8. The van der Waals surface area contributed by atoms with Crippen molar-refractivity contribution in [2.24, 2.45) is 0 Å². The van der Waals surface area contributed by atoms with Gasteiger partial charge in [-0.25, -0.2) is 9.97 Å². The van der Waals surface area contributed by atoms with E-state index in [0.717, 1.165) is 29.2 Å². The molecular weight excluding hydrogens is 344 g/mol. The Kier molecular flexibility index (Phi) is 5.35. The van der Waals surface area contributed by atoms with E-state index in [1.54, 1.807) is 6.20 Å². The van der Waals surface area contributed by atoms with E-state index in [1.807, 2.05) is 42.5 Å². The molecule has 0 bridgehead atoms. The topological polar surface area (TPSA) is 49.8 Å². The molecule has 0 radical (unpaired) electrons. The highest BCUT2D eigenvalue weighted by molar-refractivity contribution is 6.30. The molecule has 1 aliphatic heterocycles. The molecule has 0 spiro atoms. The van der Waals surface area contributed by atoms with Crippen molar-refractivity contribution in [3.63, 3.8) is 0 Å². The van der Waals surface area contributed by atoms with Gasteiger partial charge in [0.05, 0.1) is 0 Å². The second-order valence-electron chi connectivity index (χ2n) is 8.33. The molecule has 0 aliphatic carbocycles. The summed E-state index contributed by atoms with van der Waals surface area (Å²) in [5.41, 5.74) is 1.27. The summed E-state index contributed by atoms with van der Waals surface area (Å²) >= 11 is 5.92. The largest absolute Gasteiger partial charge is 0.367 e. The van der Waals surface area contributed by atoms with Crippen LogP contribution in [0.15, 0.2) is 36.5 Å². The van der Waals surface area contributed by atoms with Gasteiger partial charge in [0, 0.05) is 28.3 Å². The van der Waals surface area contributed by atoms with E-state index in [0.29, 0.717) is 11.9 Å². The van der Waals surface area contributed by atoms with E-state index in [4.69, 9.17) is 11.6 Å². The summed E-state index contributed by atoms with van der Waals surface area (Å²) in [7, 11) is 0. The fraction of sp³-hybridized carbons (Fsp3) is 0.429. The average Bonchev–Trinajstić information content (AvgIpc) is 2.51. The molecule has 0 saturated carbocycles. The number of hydrogen-bond donors (Lipinski definition) is 2. The van der Waals surface area contributed by atoms with Gasteiger partial charge in [-0.15, -0.1) is 0 Å². The summed E-state index contributed by atoms with van der Waals surface area (Å²) < 4.78 is 0. The van der Waals surface area contributed by atoms with Gasteiger partial charge in [-0.2, -0.15) is 0 Å². The minimum atomic E-state index is 0.101. The highest BCUT2D eigenvalue weighted by Crippen LogP contribution is 2.30. The second-order valence-corrected chi connectivity index (χ2v) is 8.76. The number of nitrogens with zero attached hydrogens (tertiary/aromatic N) is 2. The highest BCUT2D eigenvalue weighted by atomic mass is 35.5. The molecular formula is C21H27ClN4. The van der Waals surface area contributed by atoms with Gasteiger partial charge < -0.3 is 10.6 Å². The Labute approximate surface area is 161 Å². The molecule has 0 unspecified atom stereocenters. The van der Waals surface area contributed by atoms with Crippen molar-refractivity contribution in [2.45, 2.75) is 57.7 Å². The van der Waals surface area contributed by atoms with Crippen molar-refractivity contribution in [1.82, 2.24) is 15.3 Å². The summed E-state index contributed by atoms with van der Waals surface area (Å²) in [4.78, 5) is 8.99. The number of halogens is 1. The number of anilines is 1. The number of aromatic nitrogens is 2. The number of piperidine rings is 1. The molecule has 4 nitrogen and oxygen atoms in total. The summed E-state index contributed by atoms with van der Waals surface area (Å²) in [6.07, 6.45) is 7.82. The summed E-state index contributed by atoms with van der Waals surface area (Å²) in [6, 6.07) is 10.0. The minimum absolute atomic E-state index is 0.101. The molecule has 26 heavy (non-hydrogen) atoms. The van der Waals surface area contributed by atoms with Gasteiger partial charge in [0.1, 0.15) is 5.82 Å². The van der Waals surface area contributed by atoms with Gasteiger partial charge in [0.2, 0.25) is 0 Å². The molecule has 2 aromatic rings. The smallest absolute Gasteiger partial charge is 0.154 e. The molecule has 1 fully saturated rings. The van der Waals surface area contributed by atoms with Crippen molar-refractivity contribution in [1.29, 1.82) is 0 Å². The lowest BCUT2D eigenvalue weighted by atomic mass is 9.79. The van der Waals surface area contributed by atoms with Crippen LogP contribution in [0.25, 0.3) is 12.2 Å². The zero-order valence-corrected chi connectivity index (χ0v) is 16.6. The maximum absolute atomic E-state index is 5.92. The predicted octanol–water partition coefficient (Wildman–Crippen LogP) is 5.02. The second kappa shape index (κ2) is 7.37. The normalized spacial score (nSPS) is 19.6. The van der Waals surface area contributed by atoms with Gasteiger partial charge in [0.15, 0.2) is 5.82 Å². The van der Waals surface area contributed by atoms with E-state index in [2.05, 4.69) is 48.3 Å². The predicted molar refractivity (Wildman–Crippen MR) is 110 cm³/mol. The first-order valence-corrected chi connectivity index (χ1v) is 9.41. The third-order valence-corrected chi connectivity index (χ3v) is 4.76. The standard InChI is InChI=1S/C21H27ClN4/c1-20(2)13-17(14-21(3,4)26-20)24-19-11-12-23-18(25-19)10-7-15-5-8-16(22)9-6-15/h5-12,17,26H,13-14H2,1-4H3,(H,23,24,25)/b10-7+. The van der Waals surface area contributed by atoms with Gasteiger partial charge in [0.25, 0.3) is 0 Å². The van der Waals surface area contributed by atoms with E-state index in [-0.39, 0.29) is 11.1 Å². The maximum atomic E-state index is 5.92. The number of hydrogen-bond acceptors (Lipinski definition) is 4. The third kappa shape index (κ3) is 5.29. The van der Waals surface area contributed by atoms with Crippen LogP contribution >= 0.6 is 11.6 Å². The van der Waals surface area contributed by atoms with Crippen LogP contribution in [0.3, 0.4) is 0 Å². The average molecular weight is 371 g/mol. The molecule has 1 aliphatic rings. The van der Waals surface area contributed by atoms with Crippen LogP contribution in [0.4, 0.5) is 5.82 Å². The van der Waals surface area contributed by atoms with Crippen molar-refractivity contribution >= 4 is 29.6 Å². The Morgan fingerprint density at radius 2 is 1.69 bits per heavy atom. The fourth-order valence-corrected chi connectivity index (χ4v) is 4.04. The lowest BCUT2D eigenvalue weighted by molar-refractivity contribution is 0.170. The molecule has 138 valence electrons. The Hall–Kier alpha value is -1.91. The molecule has 3 rings (SSSR count). The first kappa shape index (κ1) is 18.9. The van der Waals surface area contributed by atoms with Crippen LogP contribution in [-0.2, 0) is 0 Å². The molecule has 2 N–H and O–H groups in total. The van der Waals surface area contributed by atoms with Gasteiger partial charge in [-0.05, 0) is 70.4 Å². The first-order chi connectivity index (χ1) is 12.2. The van der Waals surface area contributed by atoms with Crippen LogP contribution in [0.5, 0.6) is 0 Å². The Morgan fingerprint density at radius 1 is 1.04 bits per heavy atom. The monoisotopic (exact) mass is 370 g/mol. The van der Waals surface area contributed by atoms with E-state index < -0.39 is 0 Å². The van der Waals surface area contributed by atoms with Crippen LogP contribution in [-0.4, -0.2) is 27.1 Å². The van der Waals surface area contributed by atoms with Crippen molar-refractivity contribution in [3.05, 3.63) is 52.9 Å². The van der Waals surface area contributed by atoms with E-state index in [9.17, 15) is 0 Å². The van der Waals surface area contributed by atoms with Gasteiger partial charge >= 0.3 is 0 Å². The fourth-order valence-electron chi connectivity index (χ4n) is 3.91. The van der Waals surface area contributed by atoms with Crippen molar-refractivity contribution in [2.75, 3.05) is 5.32 Å². The third-order valence-electron chi connectivity index (χ3n) is 4.51. The van der Waals surface area contributed by atoms with Crippen LogP contribution < -0.4 is 10.6 Å². The lowest BCUT2D eigenvalue weighted by Crippen LogP contribution is -2.60.